The van der Waals surface area contributed by atoms with E-state index in [4.69, 9.17) is 9.15 Å². The predicted molar refractivity (Wildman–Crippen MR) is 87.5 cm³/mol. The molecule has 0 spiro atoms. The van der Waals surface area contributed by atoms with Gasteiger partial charge in [-0.2, -0.15) is 0 Å². The van der Waals surface area contributed by atoms with E-state index in [-0.39, 0.29) is 17.3 Å². The number of furan rings is 1. The third kappa shape index (κ3) is 4.14. The largest absolute Gasteiger partial charge is 0.450 e. The second kappa shape index (κ2) is 7.78. The number of rotatable bonds is 6. The molecule has 0 saturated heterocycles. The number of para-hydroxylation sites is 1. The molecule has 2 N–H and O–H groups in total. The van der Waals surface area contributed by atoms with Crippen LogP contribution in [-0.2, 0) is 14.3 Å². The van der Waals surface area contributed by atoms with Crippen molar-refractivity contribution in [3.63, 3.8) is 0 Å². The van der Waals surface area contributed by atoms with Gasteiger partial charge in [0.1, 0.15) is 6.04 Å². The normalized spacial score (nSPS) is 11.8. The van der Waals surface area contributed by atoms with E-state index >= 15 is 0 Å². The molecule has 134 valence electrons. The predicted octanol–water partition coefficient (Wildman–Crippen LogP) is 1.68. The first kappa shape index (κ1) is 18.4. The van der Waals surface area contributed by atoms with Gasteiger partial charge in [0.05, 0.1) is 0 Å². The number of fused-ring (bicyclic) bond motifs is 1. The summed E-state index contributed by atoms with van der Waals surface area (Å²) in [4.78, 5) is 35.4. The SMILES string of the molecule is CCNC(=O)[C@@H](C)NC(=O)COC(=O)c1oc2c(F)cccc2c1C. The van der Waals surface area contributed by atoms with E-state index in [2.05, 4.69) is 10.6 Å². The van der Waals surface area contributed by atoms with Crippen LogP contribution in [-0.4, -0.2) is 37.0 Å². The third-order valence-corrected chi connectivity index (χ3v) is 3.56. The van der Waals surface area contributed by atoms with E-state index in [1.807, 2.05) is 0 Å². The molecule has 8 heteroatoms. The van der Waals surface area contributed by atoms with Gasteiger partial charge in [0.15, 0.2) is 18.0 Å². The Labute approximate surface area is 143 Å². The molecule has 2 aromatic rings. The zero-order valence-corrected chi connectivity index (χ0v) is 14.1. The molecule has 0 unspecified atom stereocenters. The number of nitrogens with one attached hydrogen (secondary N) is 2. The Morgan fingerprint density at radius 1 is 1.32 bits per heavy atom. The Hall–Kier alpha value is -2.90. The van der Waals surface area contributed by atoms with E-state index in [0.717, 1.165) is 0 Å². The van der Waals surface area contributed by atoms with E-state index in [9.17, 15) is 18.8 Å². The Morgan fingerprint density at radius 2 is 2.04 bits per heavy atom. The molecule has 1 aromatic heterocycles. The topological polar surface area (TPSA) is 97.6 Å². The van der Waals surface area contributed by atoms with E-state index in [1.54, 1.807) is 19.9 Å². The van der Waals surface area contributed by atoms with Crippen LogP contribution in [0.25, 0.3) is 11.0 Å². The smallest absolute Gasteiger partial charge is 0.375 e. The molecular weight excluding hydrogens is 331 g/mol. The van der Waals surface area contributed by atoms with Gasteiger partial charge in [-0.25, -0.2) is 9.18 Å². The molecule has 0 radical (unpaired) electrons. The molecule has 1 aromatic carbocycles. The van der Waals surface area contributed by atoms with Crippen molar-refractivity contribution in [3.05, 3.63) is 35.3 Å². The average molecular weight is 350 g/mol. The molecule has 0 aliphatic rings. The first-order valence-corrected chi connectivity index (χ1v) is 7.77. The molecule has 0 aliphatic heterocycles. The lowest BCUT2D eigenvalue weighted by Crippen LogP contribution is -2.46. The number of likely N-dealkylation sites (N-methyl/N-ethyl adjacent to an activating group) is 1. The van der Waals surface area contributed by atoms with Crippen molar-refractivity contribution >= 4 is 28.8 Å². The summed E-state index contributed by atoms with van der Waals surface area (Å²) < 4.78 is 23.8. The molecule has 2 amide bonds. The average Bonchev–Trinajstić information content (AvgIpc) is 2.91. The molecule has 1 heterocycles. The number of carbonyl (C=O) groups excluding carboxylic acids is 3. The van der Waals surface area contributed by atoms with Gasteiger partial charge in [0.2, 0.25) is 11.7 Å². The maximum absolute atomic E-state index is 13.7. The second-order valence-corrected chi connectivity index (χ2v) is 5.43. The number of carbonyl (C=O) groups is 3. The lowest BCUT2D eigenvalue weighted by atomic mass is 10.1. The number of hydrogen-bond acceptors (Lipinski definition) is 5. The minimum Gasteiger partial charge on any atom is -0.450 e. The minimum absolute atomic E-state index is 0.0405. The first-order valence-electron chi connectivity index (χ1n) is 7.77. The van der Waals surface area contributed by atoms with E-state index < -0.39 is 30.3 Å². The first-order chi connectivity index (χ1) is 11.8. The highest BCUT2D eigenvalue weighted by Gasteiger charge is 2.22. The highest BCUT2D eigenvalue weighted by molar-refractivity contribution is 5.97. The van der Waals surface area contributed by atoms with E-state index in [1.165, 1.54) is 19.1 Å². The summed E-state index contributed by atoms with van der Waals surface area (Å²) in [6.07, 6.45) is 0. The Morgan fingerprint density at radius 3 is 2.68 bits per heavy atom. The summed E-state index contributed by atoms with van der Waals surface area (Å²) in [7, 11) is 0. The lowest BCUT2D eigenvalue weighted by Gasteiger charge is -2.13. The van der Waals surface area contributed by atoms with Crippen LogP contribution in [0.15, 0.2) is 22.6 Å². The summed E-state index contributed by atoms with van der Waals surface area (Å²) in [5.41, 5.74) is 0.386. The van der Waals surface area contributed by atoms with Crippen molar-refractivity contribution in [1.82, 2.24) is 10.6 Å². The van der Waals surface area contributed by atoms with Gasteiger partial charge >= 0.3 is 5.97 Å². The monoisotopic (exact) mass is 350 g/mol. The van der Waals surface area contributed by atoms with Gasteiger partial charge < -0.3 is 19.8 Å². The number of hydrogen-bond donors (Lipinski definition) is 2. The molecule has 0 saturated carbocycles. The Balaban J connectivity index is 1.99. The van der Waals surface area contributed by atoms with Crippen LogP contribution in [0.5, 0.6) is 0 Å². The number of esters is 1. The maximum Gasteiger partial charge on any atom is 0.375 e. The number of aryl methyl sites for hydroxylation is 1. The van der Waals surface area contributed by atoms with Gasteiger partial charge in [-0.05, 0) is 26.8 Å². The molecule has 0 bridgehead atoms. The fourth-order valence-corrected chi connectivity index (χ4v) is 2.28. The van der Waals surface area contributed by atoms with Crippen LogP contribution < -0.4 is 10.6 Å². The van der Waals surface area contributed by atoms with Crippen LogP contribution in [0.4, 0.5) is 4.39 Å². The van der Waals surface area contributed by atoms with Crippen molar-refractivity contribution in [1.29, 1.82) is 0 Å². The number of amides is 2. The molecular formula is C17H19FN2O5. The Bertz CT molecular complexity index is 815. The van der Waals surface area contributed by atoms with Gasteiger partial charge in [0.25, 0.3) is 5.91 Å². The van der Waals surface area contributed by atoms with Crippen LogP contribution in [0.3, 0.4) is 0 Å². The summed E-state index contributed by atoms with van der Waals surface area (Å²) in [5, 5.41) is 5.42. The van der Waals surface area contributed by atoms with Crippen molar-refractivity contribution in [2.75, 3.05) is 13.2 Å². The number of halogens is 1. The summed E-state index contributed by atoms with van der Waals surface area (Å²) >= 11 is 0. The highest BCUT2D eigenvalue weighted by atomic mass is 19.1. The minimum atomic E-state index is -0.881. The number of ether oxygens (including phenoxy) is 1. The molecule has 0 fully saturated rings. The zero-order chi connectivity index (χ0) is 18.6. The van der Waals surface area contributed by atoms with Crippen LogP contribution in [0, 0.1) is 12.7 Å². The van der Waals surface area contributed by atoms with Gasteiger partial charge in [-0.1, -0.05) is 12.1 Å². The standard InChI is InChI=1S/C17H19FN2O5/c1-4-19-16(22)10(3)20-13(21)8-24-17(23)14-9(2)11-6-5-7-12(18)15(11)25-14/h5-7,10H,4,8H2,1-3H3,(H,19,22)(H,20,21)/t10-/m1/s1. The summed E-state index contributed by atoms with van der Waals surface area (Å²) in [5.74, 6) is -2.61. The van der Waals surface area contributed by atoms with Gasteiger partial charge in [-0.3, -0.25) is 9.59 Å². The highest BCUT2D eigenvalue weighted by Crippen LogP contribution is 2.27. The molecule has 7 nitrogen and oxygen atoms in total. The quantitative estimate of drug-likeness (QED) is 0.773. The van der Waals surface area contributed by atoms with Crippen molar-refractivity contribution in [2.24, 2.45) is 0 Å². The summed E-state index contributed by atoms with van der Waals surface area (Å²) in [6, 6.07) is 3.59. The van der Waals surface area contributed by atoms with Crippen molar-refractivity contribution in [2.45, 2.75) is 26.8 Å². The third-order valence-electron chi connectivity index (χ3n) is 3.56. The fourth-order valence-electron chi connectivity index (χ4n) is 2.28. The molecule has 2 rings (SSSR count). The summed E-state index contributed by atoms with van der Waals surface area (Å²) in [6.45, 7) is 4.72. The fraction of sp³-hybridized carbons (Fsp3) is 0.353. The van der Waals surface area contributed by atoms with E-state index in [0.29, 0.717) is 17.5 Å². The molecule has 1 atom stereocenters. The second-order valence-electron chi connectivity index (χ2n) is 5.43. The lowest BCUT2D eigenvalue weighted by molar-refractivity contribution is -0.130. The molecule has 0 aliphatic carbocycles. The maximum atomic E-state index is 13.7. The Kier molecular flexibility index (Phi) is 5.74. The van der Waals surface area contributed by atoms with Crippen molar-refractivity contribution in [3.8, 4) is 0 Å². The van der Waals surface area contributed by atoms with Crippen LogP contribution in [0.2, 0.25) is 0 Å². The molecule has 25 heavy (non-hydrogen) atoms. The van der Waals surface area contributed by atoms with Gasteiger partial charge in [-0.15, -0.1) is 0 Å². The number of benzene rings is 1. The van der Waals surface area contributed by atoms with Crippen LogP contribution in [0.1, 0.15) is 30.0 Å². The van der Waals surface area contributed by atoms with Crippen molar-refractivity contribution < 1.29 is 27.9 Å². The van der Waals surface area contributed by atoms with Crippen LogP contribution >= 0.6 is 0 Å². The van der Waals surface area contributed by atoms with Gasteiger partial charge in [0, 0.05) is 17.5 Å². The zero-order valence-electron chi connectivity index (χ0n) is 14.1.